The van der Waals surface area contributed by atoms with E-state index in [2.05, 4.69) is 9.53 Å². The zero-order valence-corrected chi connectivity index (χ0v) is 9.85. The maximum atomic E-state index is 11.7. The molecule has 6 nitrogen and oxygen atoms in total. The van der Waals surface area contributed by atoms with Gasteiger partial charge < -0.3 is 15.4 Å². The predicted octanol–water partition coefficient (Wildman–Crippen LogP) is 0.196. The molecule has 0 heterocycles. The maximum Gasteiger partial charge on any atom is 0.441 e. The van der Waals surface area contributed by atoms with Gasteiger partial charge in [0.1, 0.15) is 0 Å². The molecule has 0 amide bonds. The zero-order chi connectivity index (χ0) is 12.9. The third kappa shape index (κ3) is 3.56. The van der Waals surface area contributed by atoms with Gasteiger partial charge in [-0.05, 0) is 20.8 Å². The number of nitrogens with zero attached hydrogens (tertiary/aromatic N) is 2. The summed E-state index contributed by atoms with van der Waals surface area (Å²) in [7, 11) is 0. The van der Waals surface area contributed by atoms with Gasteiger partial charge in [0.15, 0.2) is 0 Å². The van der Waals surface area contributed by atoms with E-state index in [9.17, 15) is 14.7 Å². The number of Topliss-reactive ketones (excluding diaryl/α,β-unsaturated/α-hetero) is 1. The van der Waals surface area contributed by atoms with Crippen molar-refractivity contribution in [3.05, 3.63) is 5.53 Å². The van der Waals surface area contributed by atoms with Crippen LogP contribution in [-0.4, -0.2) is 39.6 Å². The number of ether oxygens (including phenoxy) is 1. The number of aliphatic hydroxyl groups is 1. The molecule has 0 bridgehead atoms. The van der Waals surface area contributed by atoms with Crippen LogP contribution in [0.1, 0.15) is 27.7 Å². The first-order chi connectivity index (χ1) is 7.25. The van der Waals surface area contributed by atoms with Crippen molar-refractivity contribution in [2.45, 2.75) is 33.3 Å². The molecule has 0 fully saturated rings. The second-order valence-electron chi connectivity index (χ2n) is 3.91. The third-order valence-electron chi connectivity index (χ3n) is 2.26. The Morgan fingerprint density at radius 2 is 2.00 bits per heavy atom. The van der Waals surface area contributed by atoms with Crippen molar-refractivity contribution < 1.29 is 24.2 Å². The molecule has 0 aliphatic rings. The Hall–Kier alpha value is -1.52. The van der Waals surface area contributed by atoms with Crippen LogP contribution < -0.4 is 0 Å². The smallest absolute Gasteiger partial charge is 0.441 e. The lowest BCUT2D eigenvalue weighted by Crippen LogP contribution is -2.41. The summed E-state index contributed by atoms with van der Waals surface area (Å²) < 4.78 is 4.55. The largest absolute Gasteiger partial charge is 0.457 e. The molecule has 0 saturated carbocycles. The Balaban J connectivity index is 4.97. The van der Waals surface area contributed by atoms with Gasteiger partial charge in [-0.1, -0.05) is 6.92 Å². The van der Waals surface area contributed by atoms with Gasteiger partial charge in [-0.25, -0.2) is 4.79 Å². The highest BCUT2D eigenvalue weighted by Gasteiger charge is 2.40. The SMILES string of the molecule is CCOC(=O)C(=[N+]=[N-])C(=O)C(C)C(C)(C)O. The van der Waals surface area contributed by atoms with Gasteiger partial charge in [0.2, 0.25) is 0 Å². The van der Waals surface area contributed by atoms with Gasteiger partial charge >= 0.3 is 11.7 Å². The molecule has 1 N–H and O–H groups in total. The molecule has 0 rings (SSSR count). The Morgan fingerprint density at radius 1 is 1.50 bits per heavy atom. The van der Waals surface area contributed by atoms with Crippen LogP contribution in [0.15, 0.2) is 0 Å². The third-order valence-corrected chi connectivity index (χ3v) is 2.26. The highest BCUT2D eigenvalue weighted by atomic mass is 16.5. The van der Waals surface area contributed by atoms with Gasteiger partial charge in [0, 0.05) is 0 Å². The topological polar surface area (TPSA) is 100 Å². The van der Waals surface area contributed by atoms with Crippen molar-refractivity contribution in [2.24, 2.45) is 5.92 Å². The summed E-state index contributed by atoms with van der Waals surface area (Å²) in [4.78, 5) is 25.5. The number of carbonyl (C=O) groups is 2. The normalized spacial score (nSPS) is 12.6. The van der Waals surface area contributed by atoms with Crippen LogP contribution in [0.3, 0.4) is 0 Å². The van der Waals surface area contributed by atoms with Crippen molar-refractivity contribution in [1.82, 2.24) is 0 Å². The highest BCUT2D eigenvalue weighted by Crippen LogP contribution is 2.17. The van der Waals surface area contributed by atoms with Crippen LogP contribution in [0.4, 0.5) is 0 Å². The summed E-state index contributed by atoms with van der Waals surface area (Å²) in [5, 5.41) is 9.60. The van der Waals surface area contributed by atoms with E-state index in [0.717, 1.165) is 0 Å². The summed E-state index contributed by atoms with van der Waals surface area (Å²) >= 11 is 0. The van der Waals surface area contributed by atoms with Crippen molar-refractivity contribution in [3.8, 4) is 0 Å². The number of hydrogen-bond donors (Lipinski definition) is 1. The number of ketones is 1. The van der Waals surface area contributed by atoms with E-state index in [1.807, 2.05) is 0 Å². The first-order valence-corrected chi connectivity index (χ1v) is 4.91. The van der Waals surface area contributed by atoms with E-state index in [1.165, 1.54) is 20.8 Å². The molecule has 16 heavy (non-hydrogen) atoms. The monoisotopic (exact) mass is 228 g/mol. The molecule has 1 atom stereocenters. The minimum Gasteiger partial charge on any atom is -0.457 e. The molecule has 0 aliphatic heterocycles. The van der Waals surface area contributed by atoms with Crippen molar-refractivity contribution in [1.29, 1.82) is 0 Å². The average molecular weight is 228 g/mol. The molecule has 90 valence electrons. The lowest BCUT2D eigenvalue weighted by atomic mass is 9.87. The van der Waals surface area contributed by atoms with Crippen LogP contribution in [0.5, 0.6) is 0 Å². The van der Waals surface area contributed by atoms with Gasteiger partial charge in [-0.3, -0.25) is 4.79 Å². The van der Waals surface area contributed by atoms with Gasteiger partial charge in [0.05, 0.1) is 18.1 Å². The van der Waals surface area contributed by atoms with E-state index in [-0.39, 0.29) is 6.61 Å². The van der Waals surface area contributed by atoms with E-state index in [4.69, 9.17) is 5.53 Å². The Morgan fingerprint density at radius 3 is 2.31 bits per heavy atom. The van der Waals surface area contributed by atoms with Crippen LogP contribution >= 0.6 is 0 Å². The van der Waals surface area contributed by atoms with Crippen LogP contribution in [0.25, 0.3) is 5.53 Å². The van der Waals surface area contributed by atoms with Gasteiger partial charge in [-0.2, -0.15) is 4.79 Å². The van der Waals surface area contributed by atoms with Crippen molar-refractivity contribution in [2.75, 3.05) is 6.61 Å². The number of hydrogen-bond acceptors (Lipinski definition) is 4. The number of esters is 1. The predicted molar refractivity (Wildman–Crippen MR) is 55.7 cm³/mol. The van der Waals surface area contributed by atoms with E-state index in [1.54, 1.807) is 6.92 Å². The summed E-state index contributed by atoms with van der Waals surface area (Å²) in [6.45, 7) is 5.93. The number of carbonyl (C=O) groups excluding carboxylic acids is 2. The molecule has 0 spiro atoms. The Kier molecular flexibility index (Phi) is 5.01. The van der Waals surface area contributed by atoms with Gasteiger partial charge in [0.25, 0.3) is 5.78 Å². The van der Waals surface area contributed by atoms with Crippen LogP contribution in [0.2, 0.25) is 0 Å². The lowest BCUT2D eigenvalue weighted by Gasteiger charge is -2.22. The molecule has 0 aliphatic carbocycles. The lowest BCUT2D eigenvalue weighted by molar-refractivity contribution is -0.143. The minimum atomic E-state index is -1.31. The molecule has 0 aromatic carbocycles. The summed E-state index contributed by atoms with van der Waals surface area (Å²) in [6, 6.07) is 0. The first kappa shape index (κ1) is 14.5. The molecule has 0 saturated heterocycles. The van der Waals surface area contributed by atoms with Crippen LogP contribution in [0, 0.1) is 5.92 Å². The van der Waals surface area contributed by atoms with E-state index in [0.29, 0.717) is 0 Å². The summed E-state index contributed by atoms with van der Waals surface area (Å²) in [6.07, 6.45) is 0. The fourth-order valence-electron chi connectivity index (χ4n) is 0.916. The average Bonchev–Trinajstić information content (AvgIpc) is 2.16. The maximum absolute atomic E-state index is 11.7. The Labute approximate surface area is 93.8 Å². The molecular formula is C10H16N2O4. The molecule has 0 radical (unpaired) electrons. The highest BCUT2D eigenvalue weighted by molar-refractivity contribution is 6.62. The van der Waals surface area contributed by atoms with Crippen molar-refractivity contribution >= 4 is 17.5 Å². The molecule has 0 aromatic heterocycles. The summed E-state index contributed by atoms with van der Waals surface area (Å²) in [5.41, 5.74) is 6.59. The quantitative estimate of drug-likeness (QED) is 0.239. The van der Waals surface area contributed by atoms with Crippen molar-refractivity contribution in [3.63, 3.8) is 0 Å². The molecular weight excluding hydrogens is 212 g/mol. The number of rotatable bonds is 5. The first-order valence-electron chi connectivity index (χ1n) is 4.91. The second kappa shape index (κ2) is 5.53. The molecule has 1 unspecified atom stereocenters. The minimum absolute atomic E-state index is 0.0715. The van der Waals surface area contributed by atoms with Crippen LogP contribution in [-0.2, 0) is 14.3 Å². The van der Waals surface area contributed by atoms with E-state index < -0.39 is 29.0 Å². The van der Waals surface area contributed by atoms with E-state index >= 15 is 0 Å². The molecule has 6 heteroatoms. The summed E-state index contributed by atoms with van der Waals surface area (Å²) in [5.74, 6) is -2.62. The fraction of sp³-hybridized carbons (Fsp3) is 0.700. The Bertz CT molecular complexity index is 337. The molecule has 0 aromatic rings. The van der Waals surface area contributed by atoms with Gasteiger partial charge in [-0.15, -0.1) is 0 Å². The fourth-order valence-corrected chi connectivity index (χ4v) is 0.916. The second-order valence-corrected chi connectivity index (χ2v) is 3.91. The standard InChI is InChI=1S/C10H16N2O4/c1-5-16-9(14)7(12-11)8(13)6(2)10(3,4)15/h6,15H,5H2,1-4H3. The zero-order valence-electron chi connectivity index (χ0n) is 9.85.